The topological polar surface area (TPSA) is 95.5 Å². The van der Waals surface area contributed by atoms with Gasteiger partial charge >= 0.3 is 17.8 Å². The van der Waals surface area contributed by atoms with Crippen LogP contribution >= 0.6 is 0 Å². The molecule has 8 nitrogen and oxygen atoms in total. The zero-order valence-electron chi connectivity index (χ0n) is 11.5. The van der Waals surface area contributed by atoms with Crippen molar-refractivity contribution in [3.63, 3.8) is 0 Å². The van der Waals surface area contributed by atoms with Gasteiger partial charge in [0, 0.05) is 25.4 Å². The number of hydrogen-bond acceptors (Lipinski definition) is 6. The molecule has 1 aliphatic rings. The lowest BCUT2D eigenvalue weighted by Gasteiger charge is -2.13. The predicted octanol–water partition coefficient (Wildman–Crippen LogP) is 0.137. The first-order chi connectivity index (χ1) is 9.43. The normalized spacial score (nSPS) is 15.2. The van der Waals surface area contributed by atoms with E-state index in [-0.39, 0.29) is 6.54 Å². The summed E-state index contributed by atoms with van der Waals surface area (Å²) >= 11 is 0. The predicted molar refractivity (Wildman–Crippen MR) is 69.6 cm³/mol. The zero-order chi connectivity index (χ0) is 14.9. The number of carbonyl (C=O) groups is 3. The second-order valence-electron chi connectivity index (χ2n) is 4.38. The summed E-state index contributed by atoms with van der Waals surface area (Å²) in [6.07, 6.45) is 0. The fourth-order valence-electron chi connectivity index (χ4n) is 1.87. The van der Waals surface area contributed by atoms with Gasteiger partial charge in [-0.15, -0.1) is 0 Å². The second kappa shape index (κ2) is 5.24. The Kier molecular flexibility index (Phi) is 3.64. The van der Waals surface area contributed by atoms with Crippen LogP contribution in [-0.4, -0.2) is 51.2 Å². The lowest BCUT2D eigenvalue weighted by Crippen LogP contribution is -2.31. The van der Waals surface area contributed by atoms with Crippen molar-refractivity contribution in [1.29, 1.82) is 0 Å². The third kappa shape index (κ3) is 2.44. The maximum atomic E-state index is 11.8. The standard InChI is InChI=1S/C12H15N5O3/c1-4-13-8-5-7(2)14-9(15-8)6-17-11(19)10(18)16(3)12(17)20/h5H,4,6H2,1-3H3,(H,13,14,15). The molecule has 20 heavy (non-hydrogen) atoms. The number of rotatable bonds is 4. The van der Waals surface area contributed by atoms with Gasteiger partial charge in [-0.05, 0) is 13.8 Å². The molecule has 8 heteroatoms. The van der Waals surface area contributed by atoms with Crippen LogP contribution in [0.2, 0.25) is 0 Å². The highest BCUT2D eigenvalue weighted by Gasteiger charge is 2.42. The summed E-state index contributed by atoms with van der Waals surface area (Å²) < 4.78 is 0. The molecule has 1 N–H and O–H groups in total. The number of likely N-dealkylation sites (N-methyl/N-ethyl adjacent to an activating group) is 1. The van der Waals surface area contributed by atoms with Gasteiger partial charge in [0.05, 0.1) is 6.54 Å². The molecule has 0 aromatic carbocycles. The first kappa shape index (κ1) is 13.9. The molecule has 1 saturated heterocycles. The quantitative estimate of drug-likeness (QED) is 0.621. The molecule has 0 spiro atoms. The molecule has 0 aliphatic carbocycles. The van der Waals surface area contributed by atoms with E-state index in [1.54, 1.807) is 13.0 Å². The van der Waals surface area contributed by atoms with Crippen LogP contribution in [0, 0.1) is 6.92 Å². The molecule has 0 saturated carbocycles. The molecular formula is C12H15N5O3. The van der Waals surface area contributed by atoms with Gasteiger partial charge in [0.2, 0.25) is 0 Å². The van der Waals surface area contributed by atoms with E-state index in [9.17, 15) is 14.4 Å². The van der Waals surface area contributed by atoms with E-state index in [1.165, 1.54) is 7.05 Å². The summed E-state index contributed by atoms with van der Waals surface area (Å²) in [5, 5.41) is 3.04. The highest BCUT2D eigenvalue weighted by molar-refractivity contribution is 6.44. The second-order valence-corrected chi connectivity index (χ2v) is 4.38. The lowest BCUT2D eigenvalue weighted by molar-refractivity contribution is -0.143. The van der Waals surface area contributed by atoms with E-state index >= 15 is 0 Å². The first-order valence-electron chi connectivity index (χ1n) is 6.16. The summed E-state index contributed by atoms with van der Waals surface area (Å²) in [6.45, 7) is 4.29. The molecule has 0 bridgehead atoms. The fourth-order valence-corrected chi connectivity index (χ4v) is 1.87. The Labute approximate surface area is 115 Å². The van der Waals surface area contributed by atoms with Gasteiger partial charge in [-0.3, -0.25) is 14.5 Å². The van der Waals surface area contributed by atoms with E-state index in [0.29, 0.717) is 23.9 Å². The van der Waals surface area contributed by atoms with Crippen molar-refractivity contribution in [3.05, 3.63) is 17.6 Å². The Balaban J connectivity index is 2.24. The molecule has 0 atom stereocenters. The summed E-state index contributed by atoms with van der Waals surface area (Å²) in [7, 11) is 1.27. The highest BCUT2D eigenvalue weighted by Crippen LogP contribution is 2.14. The Bertz CT molecular complexity index is 586. The van der Waals surface area contributed by atoms with E-state index in [1.807, 2.05) is 6.92 Å². The van der Waals surface area contributed by atoms with Crippen molar-refractivity contribution in [2.75, 3.05) is 18.9 Å². The molecule has 0 radical (unpaired) electrons. The van der Waals surface area contributed by atoms with Crippen LogP contribution in [0.25, 0.3) is 0 Å². The van der Waals surface area contributed by atoms with Crippen LogP contribution in [0.15, 0.2) is 6.07 Å². The average Bonchev–Trinajstić information content (AvgIpc) is 2.56. The third-order valence-electron chi connectivity index (χ3n) is 2.81. The molecule has 1 fully saturated rings. The van der Waals surface area contributed by atoms with Gasteiger partial charge in [-0.2, -0.15) is 0 Å². The molecule has 2 rings (SSSR count). The number of aromatic nitrogens is 2. The van der Waals surface area contributed by atoms with Gasteiger partial charge in [0.25, 0.3) is 0 Å². The number of nitrogens with one attached hydrogen (secondary N) is 1. The van der Waals surface area contributed by atoms with Crippen molar-refractivity contribution < 1.29 is 14.4 Å². The molecule has 1 aliphatic heterocycles. The highest BCUT2D eigenvalue weighted by atomic mass is 16.2. The van der Waals surface area contributed by atoms with Crippen molar-refractivity contribution in [3.8, 4) is 0 Å². The minimum absolute atomic E-state index is 0.117. The molecule has 1 aromatic heterocycles. The fraction of sp³-hybridized carbons (Fsp3) is 0.417. The van der Waals surface area contributed by atoms with Crippen molar-refractivity contribution >= 4 is 23.7 Å². The number of carbonyl (C=O) groups excluding carboxylic acids is 3. The van der Waals surface area contributed by atoms with E-state index in [2.05, 4.69) is 15.3 Å². The van der Waals surface area contributed by atoms with Crippen LogP contribution in [0.3, 0.4) is 0 Å². The number of hydrogen-bond donors (Lipinski definition) is 1. The monoisotopic (exact) mass is 277 g/mol. The molecule has 0 unspecified atom stereocenters. The van der Waals surface area contributed by atoms with Crippen LogP contribution < -0.4 is 5.32 Å². The first-order valence-corrected chi connectivity index (χ1v) is 6.16. The summed E-state index contributed by atoms with van der Waals surface area (Å²) in [6, 6.07) is 1.10. The van der Waals surface area contributed by atoms with Crippen molar-refractivity contribution in [1.82, 2.24) is 19.8 Å². The third-order valence-corrected chi connectivity index (χ3v) is 2.81. The van der Waals surface area contributed by atoms with Crippen LogP contribution in [-0.2, 0) is 16.1 Å². The molecular weight excluding hydrogens is 262 g/mol. The Morgan fingerprint density at radius 1 is 1.20 bits per heavy atom. The molecule has 2 heterocycles. The van der Waals surface area contributed by atoms with Crippen LogP contribution in [0.5, 0.6) is 0 Å². The van der Waals surface area contributed by atoms with Crippen LogP contribution in [0.1, 0.15) is 18.4 Å². The molecule has 106 valence electrons. The Morgan fingerprint density at radius 2 is 1.90 bits per heavy atom. The average molecular weight is 277 g/mol. The number of anilines is 1. The number of aryl methyl sites for hydroxylation is 1. The van der Waals surface area contributed by atoms with Crippen molar-refractivity contribution in [2.45, 2.75) is 20.4 Å². The SMILES string of the molecule is CCNc1cc(C)nc(CN2C(=O)C(=O)N(C)C2=O)n1. The van der Waals surface area contributed by atoms with Gasteiger partial charge < -0.3 is 5.32 Å². The van der Waals surface area contributed by atoms with Gasteiger partial charge in [-0.1, -0.05) is 0 Å². The smallest absolute Gasteiger partial charge is 0.334 e. The number of urea groups is 1. The van der Waals surface area contributed by atoms with Gasteiger partial charge in [0.15, 0.2) is 5.82 Å². The van der Waals surface area contributed by atoms with Crippen LogP contribution in [0.4, 0.5) is 10.6 Å². The van der Waals surface area contributed by atoms with Gasteiger partial charge in [0.1, 0.15) is 5.82 Å². The Hall–Kier alpha value is -2.51. The number of imide groups is 2. The lowest BCUT2D eigenvalue weighted by atomic mass is 10.4. The summed E-state index contributed by atoms with van der Waals surface area (Å²) in [4.78, 5) is 44.8. The minimum atomic E-state index is -0.854. The largest absolute Gasteiger partial charge is 0.370 e. The molecule has 1 aromatic rings. The van der Waals surface area contributed by atoms with Crippen molar-refractivity contribution in [2.24, 2.45) is 0 Å². The summed E-state index contributed by atoms with van der Waals surface area (Å²) in [5.74, 6) is -0.762. The van der Waals surface area contributed by atoms with Gasteiger partial charge in [-0.25, -0.2) is 19.7 Å². The van der Waals surface area contributed by atoms with E-state index in [4.69, 9.17) is 0 Å². The number of nitrogens with zero attached hydrogens (tertiary/aromatic N) is 4. The zero-order valence-corrected chi connectivity index (χ0v) is 11.5. The Morgan fingerprint density at radius 3 is 2.45 bits per heavy atom. The number of amides is 4. The van der Waals surface area contributed by atoms with E-state index in [0.717, 1.165) is 9.80 Å². The summed E-state index contributed by atoms with van der Waals surface area (Å²) in [5.41, 5.74) is 0.713. The minimum Gasteiger partial charge on any atom is -0.370 e. The molecule has 4 amide bonds. The van der Waals surface area contributed by atoms with E-state index < -0.39 is 17.8 Å². The maximum absolute atomic E-state index is 11.8. The maximum Gasteiger partial charge on any atom is 0.334 e.